The van der Waals surface area contributed by atoms with Gasteiger partial charge in [-0.3, -0.25) is 4.79 Å². The zero-order valence-electron chi connectivity index (χ0n) is 10.1. The fourth-order valence-corrected chi connectivity index (χ4v) is 2.04. The highest BCUT2D eigenvalue weighted by atomic mass is 16.5. The summed E-state index contributed by atoms with van der Waals surface area (Å²) in [5.41, 5.74) is 0.518. The highest BCUT2D eigenvalue weighted by Crippen LogP contribution is 2.18. The molecule has 1 unspecified atom stereocenters. The first-order valence-corrected chi connectivity index (χ1v) is 5.71. The molecule has 1 aromatic heterocycles. The van der Waals surface area contributed by atoms with Crippen LogP contribution in [0.2, 0.25) is 0 Å². The number of aromatic nitrogens is 1. The van der Waals surface area contributed by atoms with Crippen LogP contribution in [0.4, 0.5) is 0 Å². The number of methoxy groups -OCH3 is 1. The van der Waals surface area contributed by atoms with Crippen LogP contribution in [0.1, 0.15) is 16.8 Å². The van der Waals surface area contributed by atoms with Crippen LogP contribution in [0.25, 0.3) is 0 Å². The number of carbonyl (C=O) groups is 1. The largest absolute Gasteiger partial charge is 0.480 e. The Bertz CT molecular complexity index is 402. The molecule has 0 spiro atoms. The zero-order valence-corrected chi connectivity index (χ0v) is 10.1. The molecule has 1 aliphatic rings. The number of ether oxygens (including phenoxy) is 1. The molecule has 1 N–H and O–H groups in total. The Labute approximate surface area is 101 Å². The van der Waals surface area contributed by atoms with Crippen molar-refractivity contribution in [3.8, 4) is 5.88 Å². The van der Waals surface area contributed by atoms with E-state index in [9.17, 15) is 4.79 Å². The van der Waals surface area contributed by atoms with Crippen molar-refractivity contribution in [3.05, 3.63) is 23.9 Å². The van der Waals surface area contributed by atoms with Crippen LogP contribution < -0.4 is 10.1 Å². The second-order valence-corrected chi connectivity index (χ2v) is 4.12. The molecule has 5 heteroatoms. The number of carbonyl (C=O) groups excluding carboxylic acids is 1. The van der Waals surface area contributed by atoms with E-state index >= 15 is 0 Å². The Kier molecular flexibility index (Phi) is 3.58. The summed E-state index contributed by atoms with van der Waals surface area (Å²) in [5, 5.41) is 3.25. The van der Waals surface area contributed by atoms with Crippen LogP contribution in [-0.2, 0) is 0 Å². The number of pyridine rings is 1. The van der Waals surface area contributed by atoms with E-state index in [2.05, 4.69) is 10.3 Å². The molecule has 1 fully saturated rings. The molecular formula is C12H17N3O2. The van der Waals surface area contributed by atoms with Crippen LogP contribution in [0.5, 0.6) is 5.88 Å². The molecule has 0 bridgehead atoms. The van der Waals surface area contributed by atoms with E-state index in [4.69, 9.17) is 4.74 Å². The molecule has 92 valence electrons. The minimum atomic E-state index is -0.0383. The lowest BCUT2D eigenvalue weighted by Crippen LogP contribution is -2.38. The monoisotopic (exact) mass is 235 g/mol. The number of hydrogen-bond acceptors (Lipinski definition) is 4. The minimum absolute atomic E-state index is 0.0383. The molecule has 1 atom stereocenters. The Morgan fingerprint density at radius 1 is 1.65 bits per heavy atom. The van der Waals surface area contributed by atoms with Crippen LogP contribution in [0.3, 0.4) is 0 Å². The van der Waals surface area contributed by atoms with Gasteiger partial charge in [-0.25, -0.2) is 4.98 Å². The predicted molar refractivity (Wildman–Crippen MR) is 64.2 cm³/mol. The smallest absolute Gasteiger partial charge is 0.259 e. The van der Waals surface area contributed by atoms with Gasteiger partial charge in [0.05, 0.1) is 7.11 Å². The van der Waals surface area contributed by atoms with Gasteiger partial charge < -0.3 is 15.0 Å². The lowest BCUT2D eigenvalue weighted by Gasteiger charge is -2.24. The van der Waals surface area contributed by atoms with Crippen LogP contribution in [0.15, 0.2) is 18.3 Å². The lowest BCUT2D eigenvalue weighted by atomic mass is 10.2. The van der Waals surface area contributed by atoms with Crippen molar-refractivity contribution in [3.63, 3.8) is 0 Å². The van der Waals surface area contributed by atoms with Crippen LogP contribution >= 0.6 is 0 Å². The van der Waals surface area contributed by atoms with Gasteiger partial charge in [0.25, 0.3) is 5.91 Å². The first-order valence-electron chi connectivity index (χ1n) is 5.71. The fraction of sp³-hybridized carbons (Fsp3) is 0.500. The van der Waals surface area contributed by atoms with E-state index in [1.54, 1.807) is 23.2 Å². The van der Waals surface area contributed by atoms with Crippen molar-refractivity contribution in [2.24, 2.45) is 0 Å². The lowest BCUT2D eigenvalue weighted by molar-refractivity contribution is 0.0739. The summed E-state index contributed by atoms with van der Waals surface area (Å²) in [6.07, 6.45) is 2.61. The highest BCUT2D eigenvalue weighted by molar-refractivity contribution is 5.96. The van der Waals surface area contributed by atoms with Crippen molar-refractivity contribution in [1.29, 1.82) is 0 Å². The SMILES string of the molecule is COc1ncccc1C(=O)N(C)C1CCNC1. The van der Waals surface area contributed by atoms with E-state index in [1.165, 1.54) is 7.11 Å². The average Bonchev–Trinajstić information content (AvgIpc) is 2.90. The summed E-state index contributed by atoms with van der Waals surface area (Å²) in [4.78, 5) is 18.1. The fourth-order valence-electron chi connectivity index (χ4n) is 2.04. The average molecular weight is 235 g/mol. The van der Waals surface area contributed by atoms with Gasteiger partial charge in [-0.2, -0.15) is 0 Å². The molecule has 1 aliphatic heterocycles. The summed E-state index contributed by atoms with van der Waals surface area (Å²) < 4.78 is 5.11. The van der Waals surface area contributed by atoms with E-state index in [-0.39, 0.29) is 11.9 Å². The number of nitrogens with zero attached hydrogens (tertiary/aromatic N) is 2. The molecule has 0 saturated carbocycles. The van der Waals surface area contributed by atoms with E-state index in [0.717, 1.165) is 19.5 Å². The summed E-state index contributed by atoms with van der Waals surface area (Å²) >= 11 is 0. The molecule has 0 radical (unpaired) electrons. The van der Waals surface area contributed by atoms with Gasteiger partial charge in [0.15, 0.2) is 0 Å². The van der Waals surface area contributed by atoms with Gasteiger partial charge in [-0.1, -0.05) is 0 Å². The van der Waals surface area contributed by atoms with Crippen molar-refractivity contribution in [2.75, 3.05) is 27.2 Å². The Hall–Kier alpha value is -1.62. The Balaban J connectivity index is 2.18. The molecule has 5 nitrogen and oxygen atoms in total. The van der Waals surface area contributed by atoms with Gasteiger partial charge >= 0.3 is 0 Å². The van der Waals surface area contributed by atoms with Crippen molar-refractivity contribution in [1.82, 2.24) is 15.2 Å². The molecule has 2 rings (SSSR count). The Morgan fingerprint density at radius 3 is 3.12 bits per heavy atom. The summed E-state index contributed by atoms with van der Waals surface area (Å²) in [7, 11) is 3.35. The quantitative estimate of drug-likeness (QED) is 0.830. The maximum Gasteiger partial charge on any atom is 0.259 e. The first kappa shape index (κ1) is 11.9. The van der Waals surface area contributed by atoms with Crippen LogP contribution in [0, 0.1) is 0 Å². The Morgan fingerprint density at radius 2 is 2.47 bits per heavy atom. The molecule has 1 aromatic rings. The third kappa shape index (κ3) is 2.39. The number of rotatable bonds is 3. The molecule has 17 heavy (non-hydrogen) atoms. The number of hydrogen-bond donors (Lipinski definition) is 1. The van der Waals surface area contributed by atoms with E-state index in [0.29, 0.717) is 11.4 Å². The van der Waals surface area contributed by atoms with E-state index < -0.39 is 0 Å². The van der Waals surface area contributed by atoms with Gasteiger partial charge in [0.2, 0.25) is 5.88 Å². The van der Waals surface area contributed by atoms with Crippen molar-refractivity contribution < 1.29 is 9.53 Å². The van der Waals surface area contributed by atoms with Gasteiger partial charge in [-0.05, 0) is 25.1 Å². The third-order valence-electron chi connectivity index (χ3n) is 3.10. The maximum atomic E-state index is 12.3. The highest BCUT2D eigenvalue weighted by Gasteiger charge is 2.25. The second-order valence-electron chi connectivity index (χ2n) is 4.12. The molecule has 0 aliphatic carbocycles. The molecule has 2 heterocycles. The summed E-state index contributed by atoms with van der Waals surface area (Å²) in [5.74, 6) is 0.346. The number of amides is 1. The predicted octanol–water partition coefficient (Wildman–Crippen LogP) is 0.524. The minimum Gasteiger partial charge on any atom is -0.480 e. The van der Waals surface area contributed by atoms with Gasteiger partial charge in [-0.15, -0.1) is 0 Å². The van der Waals surface area contributed by atoms with Crippen molar-refractivity contribution in [2.45, 2.75) is 12.5 Å². The van der Waals surface area contributed by atoms with Gasteiger partial charge in [0.1, 0.15) is 5.56 Å². The third-order valence-corrected chi connectivity index (χ3v) is 3.10. The number of nitrogens with one attached hydrogen (secondary N) is 1. The molecule has 0 aromatic carbocycles. The van der Waals surface area contributed by atoms with Crippen LogP contribution in [-0.4, -0.2) is 49.1 Å². The van der Waals surface area contributed by atoms with E-state index in [1.807, 2.05) is 7.05 Å². The first-order chi connectivity index (χ1) is 8.24. The zero-order chi connectivity index (χ0) is 12.3. The topological polar surface area (TPSA) is 54.5 Å². The maximum absolute atomic E-state index is 12.3. The molecule has 1 saturated heterocycles. The second kappa shape index (κ2) is 5.14. The normalized spacial score (nSPS) is 19.1. The molecule has 1 amide bonds. The van der Waals surface area contributed by atoms with Crippen molar-refractivity contribution >= 4 is 5.91 Å². The van der Waals surface area contributed by atoms with Gasteiger partial charge in [0, 0.05) is 25.8 Å². The molecular weight excluding hydrogens is 218 g/mol. The number of likely N-dealkylation sites (N-methyl/N-ethyl adjacent to an activating group) is 1. The summed E-state index contributed by atoms with van der Waals surface area (Å²) in [6, 6.07) is 3.75. The standard InChI is InChI=1S/C12H17N3O2/c1-15(9-5-7-13-8-9)12(16)10-4-3-6-14-11(10)17-2/h3-4,6,9,13H,5,7-8H2,1-2H3. The summed E-state index contributed by atoms with van der Waals surface area (Å²) in [6.45, 7) is 1.82.